The van der Waals surface area contributed by atoms with E-state index in [1.807, 2.05) is 12.1 Å². The first-order chi connectivity index (χ1) is 11.0. The van der Waals surface area contributed by atoms with Crippen molar-refractivity contribution in [2.24, 2.45) is 17.8 Å². The molecule has 0 unspecified atom stereocenters. The van der Waals surface area contributed by atoms with Crippen LogP contribution < -0.4 is 5.32 Å². The molecular weight excluding hydrogens is 292 g/mol. The van der Waals surface area contributed by atoms with Crippen LogP contribution in [0.4, 0.5) is 0 Å². The highest BCUT2D eigenvalue weighted by molar-refractivity contribution is 5.81. The first-order valence-electron chi connectivity index (χ1n) is 8.35. The Hall–Kier alpha value is -1.88. The van der Waals surface area contributed by atoms with E-state index in [-0.39, 0.29) is 5.92 Å². The highest BCUT2D eigenvalue weighted by atomic mass is 16.5. The van der Waals surface area contributed by atoms with Crippen molar-refractivity contribution in [1.82, 2.24) is 10.5 Å². The van der Waals surface area contributed by atoms with Gasteiger partial charge in [0, 0.05) is 11.8 Å². The van der Waals surface area contributed by atoms with Crippen LogP contribution in [-0.4, -0.2) is 29.3 Å². The number of benzene rings is 1. The number of nitrogens with zero attached hydrogens (tertiary/aromatic N) is 1. The van der Waals surface area contributed by atoms with E-state index in [2.05, 4.69) is 30.4 Å². The molecule has 0 bridgehead atoms. The fraction of sp³-hybridized carbons (Fsp3) is 0.556. The lowest BCUT2D eigenvalue weighted by molar-refractivity contribution is -0.143. The van der Waals surface area contributed by atoms with Gasteiger partial charge in [-0.05, 0) is 55.5 Å². The summed E-state index contributed by atoms with van der Waals surface area (Å²) in [4.78, 5) is 11.6. The first-order valence-corrected chi connectivity index (χ1v) is 8.35. The van der Waals surface area contributed by atoms with Crippen LogP contribution in [0.2, 0.25) is 0 Å². The Labute approximate surface area is 136 Å². The van der Waals surface area contributed by atoms with Gasteiger partial charge in [0.15, 0.2) is 5.58 Å². The second-order valence-corrected chi connectivity index (χ2v) is 6.96. The van der Waals surface area contributed by atoms with Gasteiger partial charge in [-0.3, -0.25) is 4.79 Å². The lowest BCUT2D eigenvalue weighted by Crippen LogP contribution is -2.27. The number of aliphatic carboxylic acids is 1. The summed E-state index contributed by atoms with van der Waals surface area (Å²) in [7, 11) is 0. The van der Waals surface area contributed by atoms with Gasteiger partial charge in [-0.15, -0.1) is 0 Å². The molecule has 5 nitrogen and oxygen atoms in total. The standard InChI is InChI=1S/C18H24N2O3/c1-11(2)7-12-3-4-14-16(20-23-17(14)8-12)9-15(18(21)22)13-5-6-19-10-13/h3-4,8,11,13,15,19H,5-7,9-10H2,1-2H3,(H,21,22)/t13-,15-/m0/s1. The van der Waals surface area contributed by atoms with Gasteiger partial charge in [-0.2, -0.15) is 0 Å². The zero-order valence-corrected chi connectivity index (χ0v) is 13.7. The zero-order chi connectivity index (χ0) is 16.4. The zero-order valence-electron chi connectivity index (χ0n) is 13.7. The van der Waals surface area contributed by atoms with E-state index in [0.717, 1.165) is 42.6 Å². The predicted octanol–water partition coefficient (Wildman–Crippen LogP) is 2.88. The second kappa shape index (κ2) is 6.71. The lowest BCUT2D eigenvalue weighted by Gasteiger charge is -2.17. The van der Waals surface area contributed by atoms with Crippen LogP contribution in [0.3, 0.4) is 0 Å². The molecule has 5 heteroatoms. The van der Waals surface area contributed by atoms with E-state index in [9.17, 15) is 9.90 Å². The van der Waals surface area contributed by atoms with Gasteiger partial charge in [0.05, 0.1) is 11.6 Å². The monoisotopic (exact) mass is 316 g/mol. The molecule has 1 aromatic heterocycles. The van der Waals surface area contributed by atoms with Crippen molar-refractivity contribution in [1.29, 1.82) is 0 Å². The Balaban J connectivity index is 1.83. The molecule has 0 amide bonds. The molecule has 2 heterocycles. The molecule has 124 valence electrons. The molecule has 3 rings (SSSR count). The summed E-state index contributed by atoms with van der Waals surface area (Å²) >= 11 is 0. The van der Waals surface area contributed by atoms with Crippen LogP contribution in [-0.2, 0) is 17.6 Å². The summed E-state index contributed by atoms with van der Waals surface area (Å²) in [5.41, 5.74) is 2.74. The number of rotatable bonds is 6. The fourth-order valence-electron chi connectivity index (χ4n) is 3.46. The number of fused-ring (bicyclic) bond motifs is 1. The minimum Gasteiger partial charge on any atom is -0.481 e. The van der Waals surface area contributed by atoms with Gasteiger partial charge < -0.3 is 14.9 Å². The van der Waals surface area contributed by atoms with Gasteiger partial charge in [0.25, 0.3) is 0 Å². The van der Waals surface area contributed by atoms with Gasteiger partial charge in [0.1, 0.15) is 0 Å². The van der Waals surface area contributed by atoms with Crippen LogP contribution in [0, 0.1) is 17.8 Å². The summed E-state index contributed by atoms with van der Waals surface area (Å²) in [6, 6.07) is 6.14. The van der Waals surface area contributed by atoms with Crippen molar-refractivity contribution < 1.29 is 14.4 Å². The fourth-order valence-corrected chi connectivity index (χ4v) is 3.46. The van der Waals surface area contributed by atoms with Gasteiger partial charge >= 0.3 is 5.97 Å². The van der Waals surface area contributed by atoms with Crippen molar-refractivity contribution in [2.75, 3.05) is 13.1 Å². The van der Waals surface area contributed by atoms with Crippen LogP contribution in [0.25, 0.3) is 11.0 Å². The summed E-state index contributed by atoms with van der Waals surface area (Å²) in [5, 5.41) is 17.9. The third-order valence-electron chi connectivity index (χ3n) is 4.65. The Morgan fingerprint density at radius 1 is 1.43 bits per heavy atom. The van der Waals surface area contributed by atoms with Gasteiger partial charge in [0.2, 0.25) is 0 Å². The highest BCUT2D eigenvalue weighted by Gasteiger charge is 2.32. The predicted molar refractivity (Wildman–Crippen MR) is 88.4 cm³/mol. The molecule has 2 N–H and O–H groups in total. The van der Waals surface area contributed by atoms with Crippen molar-refractivity contribution in [3.05, 3.63) is 29.5 Å². The van der Waals surface area contributed by atoms with E-state index >= 15 is 0 Å². The topological polar surface area (TPSA) is 75.4 Å². The van der Waals surface area contributed by atoms with Gasteiger partial charge in [-0.1, -0.05) is 25.1 Å². The minimum absolute atomic E-state index is 0.166. The largest absolute Gasteiger partial charge is 0.481 e. The van der Waals surface area contributed by atoms with Crippen molar-refractivity contribution in [3.63, 3.8) is 0 Å². The Morgan fingerprint density at radius 2 is 2.26 bits per heavy atom. The molecule has 1 saturated heterocycles. The molecule has 1 aromatic carbocycles. The summed E-state index contributed by atoms with van der Waals surface area (Å²) in [5.74, 6) is -0.402. The summed E-state index contributed by atoms with van der Waals surface area (Å²) in [6.45, 7) is 6.03. The second-order valence-electron chi connectivity index (χ2n) is 6.96. The van der Waals surface area contributed by atoms with E-state index in [0.29, 0.717) is 12.3 Å². The van der Waals surface area contributed by atoms with E-state index in [1.165, 1.54) is 5.56 Å². The Bertz CT molecular complexity index is 687. The number of hydrogen-bond acceptors (Lipinski definition) is 4. The molecule has 1 aliphatic heterocycles. The molecule has 0 saturated carbocycles. The number of carboxylic acid groups (broad SMARTS) is 1. The highest BCUT2D eigenvalue weighted by Crippen LogP contribution is 2.28. The minimum atomic E-state index is -0.744. The van der Waals surface area contributed by atoms with Gasteiger partial charge in [-0.25, -0.2) is 0 Å². The molecule has 0 aliphatic carbocycles. The first kappa shape index (κ1) is 16.0. The Kier molecular flexibility index (Phi) is 4.66. The average Bonchev–Trinajstić information content (AvgIpc) is 3.13. The third-order valence-corrected chi connectivity index (χ3v) is 4.65. The lowest BCUT2D eigenvalue weighted by atomic mass is 9.87. The molecule has 0 radical (unpaired) electrons. The van der Waals surface area contributed by atoms with E-state index in [4.69, 9.17) is 4.52 Å². The van der Waals surface area contributed by atoms with Crippen molar-refractivity contribution in [2.45, 2.75) is 33.1 Å². The number of carbonyl (C=O) groups is 1. The maximum absolute atomic E-state index is 11.6. The Morgan fingerprint density at radius 3 is 2.91 bits per heavy atom. The molecule has 2 aromatic rings. The van der Waals surface area contributed by atoms with E-state index < -0.39 is 11.9 Å². The van der Waals surface area contributed by atoms with Crippen LogP contribution in [0.15, 0.2) is 22.7 Å². The molecular formula is C18H24N2O3. The van der Waals surface area contributed by atoms with Crippen LogP contribution in [0.5, 0.6) is 0 Å². The number of aromatic nitrogens is 1. The van der Waals surface area contributed by atoms with Crippen LogP contribution in [0.1, 0.15) is 31.5 Å². The normalized spacial score (nSPS) is 19.5. The van der Waals surface area contributed by atoms with E-state index in [1.54, 1.807) is 0 Å². The summed E-state index contributed by atoms with van der Waals surface area (Å²) < 4.78 is 5.46. The molecule has 2 atom stereocenters. The molecule has 0 spiro atoms. The number of nitrogens with one attached hydrogen (secondary N) is 1. The quantitative estimate of drug-likeness (QED) is 0.857. The third kappa shape index (κ3) is 3.55. The molecule has 1 aliphatic rings. The molecule has 23 heavy (non-hydrogen) atoms. The SMILES string of the molecule is CC(C)Cc1ccc2c(C[C@H](C(=O)O)[C@H]3CCNC3)noc2c1. The van der Waals surface area contributed by atoms with Crippen molar-refractivity contribution >= 4 is 16.9 Å². The van der Waals surface area contributed by atoms with Crippen molar-refractivity contribution in [3.8, 4) is 0 Å². The summed E-state index contributed by atoms with van der Waals surface area (Å²) in [6.07, 6.45) is 2.33. The maximum Gasteiger partial charge on any atom is 0.307 e. The van der Waals surface area contributed by atoms with Crippen LogP contribution >= 0.6 is 0 Å². The number of hydrogen-bond donors (Lipinski definition) is 2. The number of carboxylic acids is 1. The molecule has 1 fully saturated rings. The average molecular weight is 316 g/mol. The maximum atomic E-state index is 11.6. The smallest absolute Gasteiger partial charge is 0.307 e.